The zero-order valence-electron chi connectivity index (χ0n) is 10.7. The van der Waals surface area contributed by atoms with Gasteiger partial charge in [0, 0.05) is 5.56 Å². The molecule has 0 radical (unpaired) electrons. The molecule has 19 heavy (non-hydrogen) atoms. The van der Waals surface area contributed by atoms with Crippen molar-refractivity contribution >= 4 is 0 Å². The average Bonchev–Trinajstić information content (AvgIpc) is 2.46. The highest BCUT2D eigenvalue weighted by atomic mass is 19.2. The van der Waals surface area contributed by atoms with Crippen LogP contribution in [0.3, 0.4) is 0 Å². The van der Waals surface area contributed by atoms with E-state index in [1.54, 1.807) is 18.2 Å². The SMILES string of the molecule is CC(F)C(F)(OCc1ccccc1)c1ccccc1. The quantitative estimate of drug-likeness (QED) is 0.776. The van der Waals surface area contributed by atoms with E-state index in [2.05, 4.69) is 0 Å². The van der Waals surface area contributed by atoms with Gasteiger partial charge in [0.1, 0.15) is 0 Å². The second-order valence-electron chi connectivity index (χ2n) is 4.40. The van der Waals surface area contributed by atoms with Crippen LogP contribution in [-0.4, -0.2) is 6.17 Å². The van der Waals surface area contributed by atoms with Gasteiger partial charge in [-0.15, -0.1) is 0 Å². The number of rotatable bonds is 5. The van der Waals surface area contributed by atoms with Crippen molar-refractivity contribution in [2.24, 2.45) is 0 Å². The Hall–Kier alpha value is -1.74. The Labute approximate surface area is 111 Å². The molecule has 2 unspecified atom stereocenters. The van der Waals surface area contributed by atoms with Crippen LogP contribution in [0.2, 0.25) is 0 Å². The lowest BCUT2D eigenvalue weighted by Gasteiger charge is -2.27. The maximum Gasteiger partial charge on any atom is 0.266 e. The minimum Gasteiger partial charge on any atom is -0.335 e. The molecule has 0 N–H and O–H groups in total. The molecule has 0 fully saturated rings. The third-order valence-electron chi connectivity index (χ3n) is 2.97. The van der Waals surface area contributed by atoms with Crippen molar-refractivity contribution in [3.8, 4) is 0 Å². The molecule has 0 saturated heterocycles. The summed E-state index contributed by atoms with van der Waals surface area (Å²) < 4.78 is 33.6. The normalized spacial score (nSPS) is 15.7. The molecule has 0 heterocycles. The molecule has 2 atom stereocenters. The van der Waals surface area contributed by atoms with Gasteiger partial charge in [0.25, 0.3) is 5.85 Å². The van der Waals surface area contributed by atoms with Gasteiger partial charge in [0.15, 0.2) is 6.17 Å². The first kappa shape index (κ1) is 13.7. The van der Waals surface area contributed by atoms with Gasteiger partial charge in [-0.25, -0.2) is 8.78 Å². The summed E-state index contributed by atoms with van der Waals surface area (Å²) in [6, 6.07) is 17.3. The van der Waals surface area contributed by atoms with Crippen LogP contribution in [0, 0.1) is 0 Å². The van der Waals surface area contributed by atoms with Gasteiger partial charge in [-0.2, -0.15) is 0 Å². The fourth-order valence-corrected chi connectivity index (χ4v) is 1.86. The molecule has 2 rings (SSSR count). The second-order valence-corrected chi connectivity index (χ2v) is 4.40. The standard InChI is InChI=1S/C16H16F2O/c1-13(17)16(18,15-10-6-3-7-11-15)19-12-14-8-4-2-5-9-14/h2-11,13H,12H2,1H3. The van der Waals surface area contributed by atoms with Crippen LogP contribution < -0.4 is 0 Å². The lowest BCUT2D eigenvalue weighted by Crippen LogP contribution is -2.33. The van der Waals surface area contributed by atoms with Crippen molar-refractivity contribution in [1.29, 1.82) is 0 Å². The Morgan fingerprint density at radius 1 is 1.00 bits per heavy atom. The maximum absolute atomic E-state index is 14.7. The van der Waals surface area contributed by atoms with Crippen LogP contribution in [0.4, 0.5) is 8.78 Å². The minimum absolute atomic E-state index is 0.0283. The van der Waals surface area contributed by atoms with Crippen molar-refractivity contribution in [2.75, 3.05) is 0 Å². The Bertz CT molecular complexity index is 499. The first-order chi connectivity index (χ1) is 9.13. The molecule has 1 nitrogen and oxygen atoms in total. The first-order valence-electron chi connectivity index (χ1n) is 6.19. The summed E-state index contributed by atoms with van der Waals surface area (Å²) >= 11 is 0. The smallest absolute Gasteiger partial charge is 0.266 e. The van der Waals surface area contributed by atoms with Crippen molar-refractivity contribution in [3.05, 3.63) is 71.8 Å². The molecule has 0 saturated carbocycles. The summed E-state index contributed by atoms with van der Waals surface area (Å²) in [5.41, 5.74) is 1.00. The third-order valence-corrected chi connectivity index (χ3v) is 2.97. The lowest BCUT2D eigenvalue weighted by molar-refractivity contribution is -0.199. The Balaban J connectivity index is 2.17. The maximum atomic E-state index is 14.7. The molecule has 0 spiro atoms. The number of hydrogen-bond acceptors (Lipinski definition) is 1. The molecule has 3 heteroatoms. The van der Waals surface area contributed by atoms with E-state index in [1.165, 1.54) is 12.1 Å². The van der Waals surface area contributed by atoms with E-state index in [9.17, 15) is 8.78 Å². The highest BCUT2D eigenvalue weighted by Crippen LogP contribution is 2.34. The average molecular weight is 262 g/mol. The number of halogens is 2. The predicted octanol–water partition coefficient (Wildman–Crippen LogP) is 4.38. The number of benzene rings is 2. The van der Waals surface area contributed by atoms with Crippen LogP contribution in [0.5, 0.6) is 0 Å². The van der Waals surface area contributed by atoms with Gasteiger partial charge in [-0.3, -0.25) is 0 Å². The summed E-state index contributed by atoms with van der Waals surface area (Å²) in [7, 11) is 0. The van der Waals surface area contributed by atoms with E-state index in [1.807, 2.05) is 30.3 Å². The summed E-state index contributed by atoms with van der Waals surface area (Å²) in [5.74, 6) is -2.42. The lowest BCUT2D eigenvalue weighted by atomic mass is 10.0. The molecule has 0 bridgehead atoms. The molecule has 0 aliphatic rings. The van der Waals surface area contributed by atoms with Crippen LogP contribution >= 0.6 is 0 Å². The molecule has 0 aliphatic carbocycles. The van der Waals surface area contributed by atoms with E-state index in [0.29, 0.717) is 0 Å². The van der Waals surface area contributed by atoms with E-state index >= 15 is 0 Å². The van der Waals surface area contributed by atoms with Crippen molar-refractivity contribution < 1.29 is 13.5 Å². The molecule has 2 aromatic rings. The van der Waals surface area contributed by atoms with E-state index in [0.717, 1.165) is 12.5 Å². The zero-order chi connectivity index (χ0) is 13.7. The number of ether oxygens (including phenoxy) is 1. The van der Waals surface area contributed by atoms with Crippen molar-refractivity contribution in [3.63, 3.8) is 0 Å². The van der Waals surface area contributed by atoms with E-state index in [4.69, 9.17) is 4.74 Å². The fraction of sp³-hybridized carbons (Fsp3) is 0.250. The molecule has 0 aliphatic heterocycles. The molecular formula is C16H16F2O. The largest absolute Gasteiger partial charge is 0.335 e. The molecule has 2 aromatic carbocycles. The Morgan fingerprint density at radius 3 is 2.05 bits per heavy atom. The highest BCUT2D eigenvalue weighted by molar-refractivity contribution is 5.22. The molecular weight excluding hydrogens is 246 g/mol. The van der Waals surface area contributed by atoms with E-state index < -0.39 is 12.0 Å². The third kappa shape index (κ3) is 3.18. The minimum atomic E-state index is -2.42. The topological polar surface area (TPSA) is 9.23 Å². The van der Waals surface area contributed by atoms with Crippen LogP contribution in [0.25, 0.3) is 0 Å². The van der Waals surface area contributed by atoms with Gasteiger partial charge in [-0.05, 0) is 12.5 Å². The molecule has 0 amide bonds. The Morgan fingerprint density at radius 2 is 1.53 bits per heavy atom. The Kier molecular flexibility index (Phi) is 4.27. The van der Waals surface area contributed by atoms with Crippen LogP contribution in [-0.2, 0) is 17.2 Å². The van der Waals surface area contributed by atoms with Crippen molar-refractivity contribution in [1.82, 2.24) is 0 Å². The highest BCUT2D eigenvalue weighted by Gasteiger charge is 2.40. The van der Waals surface area contributed by atoms with Gasteiger partial charge >= 0.3 is 0 Å². The number of hydrogen-bond donors (Lipinski definition) is 0. The predicted molar refractivity (Wildman–Crippen MR) is 71.0 cm³/mol. The molecule has 0 aromatic heterocycles. The van der Waals surface area contributed by atoms with Gasteiger partial charge in [-0.1, -0.05) is 60.7 Å². The van der Waals surface area contributed by atoms with Gasteiger partial charge < -0.3 is 4.74 Å². The van der Waals surface area contributed by atoms with Crippen LogP contribution in [0.1, 0.15) is 18.1 Å². The van der Waals surface area contributed by atoms with Crippen molar-refractivity contribution in [2.45, 2.75) is 25.6 Å². The second kappa shape index (κ2) is 5.93. The summed E-state index contributed by atoms with van der Waals surface area (Å²) in [6.07, 6.45) is -1.75. The summed E-state index contributed by atoms with van der Waals surface area (Å²) in [4.78, 5) is 0. The zero-order valence-corrected chi connectivity index (χ0v) is 10.7. The first-order valence-corrected chi connectivity index (χ1v) is 6.19. The monoisotopic (exact) mass is 262 g/mol. The summed E-state index contributed by atoms with van der Waals surface area (Å²) in [6.45, 7) is 1.19. The van der Waals surface area contributed by atoms with Gasteiger partial charge in [0.05, 0.1) is 6.61 Å². The van der Waals surface area contributed by atoms with Gasteiger partial charge in [0.2, 0.25) is 0 Å². The molecule has 100 valence electrons. The number of alkyl halides is 2. The summed E-state index contributed by atoms with van der Waals surface area (Å²) in [5, 5.41) is 0. The van der Waals surface area contributed by atoms with Crippen LogP contribution in [0.15, 0.2) is 60.7 Å². The fourth-order valence-electron chi connectivity index (χ4n) is 1.86. The van der Waals surface area contributed by atoms with E-state index in [-0.39, 0.29) is 12.2 Å².